The number of nitrogens with two attached hydrogens (primary N) is 1. The summed E-state index contributed by atoms with van der Waals surface area (Å²) >= 11 is 0. The Hall–Kier alpha value is -0.570. The first-order valence-corrected chi connectivity index (χ1v) is 4.68. The lowest BCUT2D eigenvalue weighted by atomic mass is 9.88. The van der Waals surface area contributed by atoms with Crippen molar-refractivity contribution in [2.45, 2.75) is 46.6 Å². The van der Waals surface area contributed by atoms with Crippen molar-refractivity contribution in [2.24, 2.45) is 11.1 Å². The summed E-state index contributed by atoms with van der Waals surface area (Å²) in [5.41, 5.74) is 4.57. The maximum Gasteiger partial charge on any atom is 0.313 e. The van der Waals surface area contributed by atoms with Crippen LogP contribution in [0.25, 0.3) is 0 Å². The average molecular weight is 187 g/mol. The molecule has 1 atom stereocenters. The van der Waals surface area contributed by atoms with Gasteiger partial charge in [-0.15, -0.1) is 0 Å². The smallest absolute Gasteiger partial charge is 0.313 e. The van der Waals surface area contributed by atoms with Crippen LogP contribution in [0.3, 0.4) is 0 Å². The van der Waals surface area contributed by atoms with Crippen LogP contribution < -0.4 is 5.73 Å². The molecule has 0 aliphatic carbocycles. The Kier molecular flexibility index (Phi) is 3.91. The molecule has 0 fully saturated rings. The summed E-state index contributed by atoms with van der Waals surface area (Å²) < 4.78 is 5.27. The van der Waals surface area contributed by atoms with Crippen LogP contribution >= 0.6 is 0 Å². The van der Waals surface area contributed by atoms with Crippen molar-refractivity contribution in [3.63, 3.8) is 0 Å². The lowest BCUT2D eigenvalue weighted by Crippen LogP contribution is -2.40. The molecule has 0 aromatic carbocycles. The molecule has 0 rings (SSSR count). The molecule has 0 saturated carbocycles. The molecule has 0 aromatic heterocycles. The summed E-state index contributed by atoms with van der Waals surface area (Å²) in [6, 6.07) is 0. The minimum absolute atomic E-state index is 0.204. The number of ether oxygens (including phenoxy) is 1. The van der Waals surface area contributed by atoms with Crippen molar-refractivity contribution in [3.05, 3.63) is 0 Å². The van der Waals surface area contributed by atoms with E-state index >= 15 is 0 Å². The van der Waals surface area contributed by atoms with Gasteiger partial charge in [0, 0.05) is 6.54 Å². The molecule has 1 unspecified atom stereocenters. The molecule has 0 spiro atoms. The maximum atomic E-state index is 11.6. The Morgan fingerprint density at radius 2 is 1.77 bits per heavy atom. The maximum absolute atomic E-state index is 11.6. The second kappa shape index (κ2) is 4.09. The van der Waals surface area contributed by atoms with Crippen molar-refractivity contribution in [1.82, 2.24) is 0 Å². The first-order valence-electron chi connectivity index (χ1n) is 4.68. The first kappa shape index (κ1) is 12.4. The summed E-state index contributed by atoms with van der Waals surface area (Å²) in [5.74, 6) is -0.204. The second-order valence-corrected chi connectivity index (χ2v) is 4.62. The zero-order valence-electron chi connectivity index (χ0n) is 9.31. The first-order chi connectivity index (χ1) is 5.75. The fourth-order valence-corrected chi connectivity index (χ4v) is 0.773. The molecule has 3 nitrogen and oxygen atoms in total. The molecule has 0 heterocycles. The van der Waals surface area contributed by atoms with E-state index in [0.29, 0.717) is 13.0 Å². The van der Waals surface area contributed by atoms with E-state index in [-0.39, 0.29) is 5.97 Å². The number of hydrogen-bond acceptors (Lipinski definition) is 3. The molecule has 0 aliphatic rings. The Morgan fingerprint density at radius 1 is 1.31 bits per heavy atom. The topological polar surface area (TPSA) is 52.3 Å². The highest BCUT2D eigenvalue weighted by Gasteiger charge is 2.33. The highest BCUT2D eigenvalue weighted by atomic mass is 16.6. The lowest BCUT2D eigenvalue weighted by Gasteiger charge is -2.29. The van der Waals surface area contributed by atoms with Gasteiger partial charge in [-0.05, 0) is 34.1 Å². The Labute approximate surface area is 80.6 Å². The molecule has 0 radical (unpaired) electrons. The normalized spacial score (nSPS) is 16.5. The second-order valence-electron chi connectivity index (χ2n) is 4.62. The molecular weight excluding hydrogens is 166 g/mol. The van der Waals surface area contributed by atoms with Gasteiger partial charge in [0.2, 0.25) is 0 Å². The third kappa shape index (κ3) is 3.77. The Balaban J connectivity index is 4.41. The van der Waals surface area contributed by atoms with Crippen LogP contribution in [-0.4, -0.2) is 18.1 Å². The van der Waals surface area contributed by atoms with Crippen molar-refractivity contribution in [2.75, 3.05) is 6.54 Å². The van der Waals surface area contributed by atoms with Crippen LogP contribution in [0.1, 0.15) is 41.0 Å². The summed E-state index contributed by atoms with van der Waals surface area (Å²) in [4.78, 5) is 11.6. The Bertz CT molecular complexity index is 178. The van der Waals surface area contributed by atoms with Gasteiger partial charge >= 0.3 is 5.97 Å². The molecule has 0 saturated heterocycles. The molecule has 78 valence electrons. The summed E-state index contributed by atoms with van der Waals surface area (Å²) in [5, 5.41) is 0. The fourth-order valence-electron chi connectivity index (χ4n) is 0.773. The highest BCUT2D eigenvalue weighted by molar-refractivity contribution is 5.77. The van der Waals surface area contributed by atoms with Crippen LogP contribution in [-0.2, 0) is 9.53 Å². The molecule has 13 heavy (non-hydrogen) atoms. The van der Waals surface area contributed by atoms with Crippen molar-refractivity contribution >= 4 is 5.97 Å². The molecule has 0 aliphatic heterocycles. The van der Waals surface area contributed by atoms with E-state index in [9.17, 15) is 4.79 Å². The van der Waals surface area contributed by atoms with E-state index in [1.807, 2.05) is 34.6 Å². The largest absolute Gasteiger partial charge is 0.460 e. The van der Waals surface area contributed by atoms with Gasteiger partial charge in [0.05, 0.1) is 5.41 Å². The summed E-state index contributed by atoms with van der Waals surface area (Å²) in [7, 11) is 0. The van der Waals surface area contributed by atoms with Gasteiger partial charge < -0.3 is 10.5 Å². The SMILES string of the molecule is CCC(C)(CN)C(=O)OC(C)(C)C. The zero-order chi connectivity index (χ0) is 10.7. The van der Waals surface area contributed by atoms with E-state index in [0.717, 1.165) is 0 Å². The molecular formula is C10H21NO2. The van der Waals surface area contributed by atoms with Crippen LogP contribution in [0.2, 0.25) is 0 Å². The van der Waals surface area contributed by atoms with Crippen molar-refractivity contribution < 1.29 is 9.53 Å². The fraction of sp³-hybridized carbons (Fsp3) is 0.900. The van der Waals surface area contributed by atoms with E-state index in [1.54, 1.807) is 0 Å². The van der Waals surface area contributed by atoms with Gasteiger partial charge in [0.15, 0.2) is 0 Å². The van der Waals surface area contributed by atoms with Crippen molar-refractivity contribution in [3.8, 4) is 0 Å². The predicted molar refractivity (Wildman–Crippen MR) is 53.3 cm³/mol. The van der Waals surface area contributed by atoms with Gasteiger partial charge in [-0.2, -0.15) is 0 Å². The standard InChI is InChI=1S/C10H21NO2/c1-6-10(5,7-11)8(12)13-9(2,3)4/h6-7,11H2,1-5H3. The van der Waals surface area contributed by atoms with E-state index < -0.39 is 11.0 Å². The van der Waals surface area contributed by atoms with Crippen LogP contribution in [0, 0.1) is 5.41 Å². The lowest BCUT2D eigenvalue weighted by molar-refractivity contribution is -0.166. The van der Waals surface area contributed by atoms with Gasteiger partial charge in [0.25, 0.3) is 0 Å². The molecule has 0 bridgehead atoms. The number of rotatable bonds is 3. The molecule has 0 aromatic rings. The van der Waals surface area contributed by atoms with Gasteiger partial charge in [0.1, 0.15) is 5.60 Å². The number of esters is 1. The van der Waals surface area contributed by atoms with E-state index in [4.69, 9.17) is 10.5 Å². The monoisotopic (exact) mass is 187 g/mol. The van der Waals surface area contributed by atoms with Crippen LogP contribution in [0.5, 0.6) is 0 Å². The predicted octanol–water partition coefficient (Wildman–Crippen LogP) is 1.70. The summed E-state index contributed by atoms with van der Waals surface area (Å²) in [6.07, 6.45) is 0.707. The number of hydrogen-bond donors (Lipinski definition) is 1. The molecule has 3 heteroatoms. The van der Waals surface area contributed by atoms with Gasteiger partial charge in [-0.3, -0.25) is 4.79 Å². The number of carbonyl (C=O) groups excluding carboxylic acids is 1. The minimum Gasteiger partial charge on any atom is -0.460 e. The zero-order valence-corrected chi connectivity index (χ0v) is 9.31. The number of carbonyl (C=O) groups is 1. The summed E-state index contributed by atoms with van der Waals surface area (Å²) in [6.45, 7) is 9.68. The van der Waals surface area contributed by atoms with Gasteiger partial charge in [-0.1, -0.05) is 6.92 Å². The van der Waals surface area contributed by atoms with Crippen LogP contribution in [0.15, 0.2) is 0 Å². The average Bonchev–Trinajstić information content (AvgIpc) is 2.00. The third-order valence-electron chi connectivity index (χ3n) is 2.12. The molecule has 2 N–H and O–H groups in total. The minimum atomic E-state index is -0.534. The third-order valence-corrected chi connectivity index (χ3v) is 2.12. The Morgan fingerprint density at radius 3 is 2.00 bits per heavy atom. The highest BCUT2D eigenvalue weighted by Crippen LogP contribution is 2.24. The quantitative estimate of drug-likeness (QED) is 0.684. The van der Waals surface area contributed by atoms with Gasteiger partial charge in [-0.25, -0.2) is 0 Å². The van der Waals surface area contributed by atoms with E-state index in [2.05, 4.69) is 0 Å². The van der Waals surface area contributed by atoms with Crippen LogP contribution in [0.4, 0.5) is 0 Å². The van der Waals surface area contributed by atoms with E-state index in [1.165, 1.54) is 0 Å². The molecule has 0 amide bonds. The van der Waals surface area contributed by atoms with Crippen molar-refractivity contribution in [1.29, 1.82) is 0 Å².